The molecular formula is C29H29ClFN5O5. The van der Waals surface area contributed by atoms with Crippen LogP contribution in [0.1, 0.15) is 41.8 Å². The predicted molar refractivity (Wildman–Crippen MR) is 148 cm³/mol. The van der Waals surface area contributed by atoms with E-state index in [1.165, 1.54) is 12.1 Å². The molecule has 2 saturated heterocycles. The predicted octanol–water partition coefficient (Wildman–Crippen LogP) is 4.73. The van der Waals surface area contributed by atoms with Gasteiger partial charge < -0.3 is 23.9 Å². The van der Waals surface area contributed by atoms with Gasteiger partial charge in [0, 0.05) is 43.4 Å². The van der Waals surface area contributed by atoms with E-state index in [1.807, 2.05) is 6.92 Å². The van der Waals surface area contributed by atoms with Crippen LogP contribution in [0.5, 0.6) is 11.6 Å². The quantitative estimate of drug-likeness (QED) is 0.284. The molecule has 6 rings (SSSR count). The minimum Gasteiger partial charge on any atom is -0.483 e. The number of likely N-dealkylation sites (tertiary alicyclic amines) is 1. The zero-order valence-electron chi connectivity index (χ0n) is 22.4. The van der Waals surface area contributed by atoms with Gasteiger partial charge in [0.1, 0.15) is 18.0 Å². The van der Waals surface area contributed by atoms with Gasteiger partial charge in [-0.05, 0) is 49.7 Å². The van der Waals surface area contributed by atoms with Crippen LogP contribution < -0.4 is 9.47 Å². The van der Waals surface area contributed by atoms with E-state index in [-0.39, 0.29) is 29.0 Å². The third kappa shape index (κ3) is 6.12. The second-order valence-electron chi connectivity index (χ2n) is 10.6. The van der Waals surface area contributed by atoms with Crippen LogP contribution in [0, 0.1) is 5.82 Å². The molecule has 2 aliphatic rings. The summed E-state index contributed by atoms with van der Waals surface area (Å²) >= 11 is 5.81. The number of rotatable bonds is 10. The van der Waals surface area contributed by atoms with Gasteiger partial charge in [-0.1, -0.05) is 11.6 Å². The molecule has 1 N–H and O–H groups in total. The Balaban J connectivity index is 1.13. The molecule has 10 nitrogen and oxygen atoms in total. The monoisotopic (exact) mass is 581 g/mol. The van der Waals surface area contributed by atoms with Crippen molar-refractivity contribution in [2.75, 3.05) is 19.7 Å². The number of imidazole rings is 1. The normalized spacial score (nSPS) is 20.7. The van der Waals surface area contributed by atoms with Crippen molar-refractivity contribution in [2.45, 2.75) is 51.2 Å². The van der Waals surface area contributed by atoms with E-state index in [9.17, 15) is 14.3 Å². The van der Waals surface area contributed by atoms with E-state index in [2.05, 4.69) is 19.4 Å². The number of aromatic nitrogens is 4. The molecule has 0 bridgehead atoms. The van der Waals surface area contributed by atoms with Gasteiger partial charge in [0.05, 0.1) is 35.8 Å². The molecule has 0 aliphatic carbocycles. The molecule has 4 aromatic rings. The maximum atomic E-state index is 14.0. The largest absolute Gasteiger partial charge is 0.483 e. The maximum absolute atomic E-state index is 14.0. The van der Waals surface area contributed by atoms with Gasteiger partial charge in [0.25, 0.3) is 0 Å². The highest BCUT2D eigenvalue weighted by atomic mass is 35.5. The molecule has 2 aromatic heterocycles. The van der Waals surface area contributed by atoms with Crippen LogP contribution in [0.4, 0.5) is 4.39 Å². The van der Waals surface area contributed by atoms with Crippen molar-refractivity contribution >= 4 is 28.6 Å². The van der Waals surface area contributed by atoms with Gasteiger partial charge in [-0.15, -0.1) is 0 Å². The second kappa shape index (κ2) is 11.2. The third-order valence-corrected chi connectivity index (χ3v) is 7.65. The second-order valence-corrected chi connectivity index (χ2v) is 11.1. The Morgan fingerprint density at radius 3 is 2.85 bits per heavy atom. The summed E-state index contributed by atoms with van der Waals surface area (Å²) in [5.74, 6) is 0.178. The molecule has 41 heavy (non-hydrogen) atoms. The van der Waals surface area contributed by atoms with Gasteiger partial charge in [0.15, 0.2) is 17.4 Å². The topological polar surface area (TPSA) is 112 Å². The van der Waals surface area contributed by atoms with E-state index in [0.29, 0.717) is 31.3 Å². The average Bonchev–Trinajstić information content (AvgIpc) is 3.44. The first kappa shape index (κ1) is 27.4. The molecule has 2 aromatic carbocycles. The fourth-order valence-electron chi connectivity index (χ4n) is 5.20. The summed E-state index contributed by atoms with van der Waals surface area (Å²) in [5, 5.41) is 9.79. The number of carboxylic acid groups (broad SMARTS) is 1. The van der Waals surface area contributed by atoms with Crippen molar-refractivity contribution in [2.24, 2.45) is 0 Å². The molecule has 4 heterocycles. The number of ether oxygens (including phenoxy) is 3. The fraction of sp³-hybridized carbons (Fsp3) is 0.379. The molecule has 0 amide bonds. The summed E-state index contributed by atoms with van der Waals surface area (Å²) in [7, 11) is 0. The molecular weight excluding hydrogens is 553 g/mol. The summed E-state index contributed by atoms with van der Waals surface area (Å²) < 4.78 is 33.7. The van der Waals surface area contributed by atoms with E-state index in [0.717, 1.165) is 42.9 Å². The highest BCUT2D eigenvalue weighted by Gasteiger charge is 2.37. The highest BCUT2D eigenvalue weighted by molar-refractivity contribution is 6.30. The number of aromatic carboxylic acids is 1. The minimum atomic E-state index is -0.967. The lowest BCUT2D eigenvalue weighted by molar-refractivity contribution is -0.0592. The lowest BCUT2D eigenvalue weighted by Crippen LogP contribution is -2.37. The van der Waals surface area contributed by atoms with E-state index < -0.39 is 17.4 Å². The van der Waals surface area contributed by atoms with Crippen LogP contribution in [0.3, 0.4) is 0 Å². The molecule has 0 radical (unpaired) electrons. The van der Waals surface area contributed by atoms with Crippen molar-refractivity contribution < 1.29 is 28.5 Å². The first-order valence-electron chi connectivity index (χ1n) is 13.4. The molecule has 1 unspecified atom stereocenters. The van der Waals surface area contributed by atoms with Crippen molar-refractivity contribution in [3.8, 4) is 11.6 Å². The SMILES string of the molecule is C[C@@]1(Oc2ccnc(COc3ccc(Cl)cc3F)n2)CCN(Cc2nc3ccc(C(=O)O)cc3n2CC2CCO2)C1. The van der Waals surface area contributed by atoms with E-state index in [1.54, 1.807) is 36.5 Å². The first-order chi connectivity index (χ1) is 19.7. The Hall–Kier alpha value is -3.80. The van der Waals surface area contributed by atoms with Crippen molar-refractivity contribution in [3.63, 3.8) is 0 Å². The molecule has 0 saturated carbocycles. The molecule has 214 valence electrons. The first-order valence-corrected chi connectivity index (χ1v) is 13.8. The Morgan fingerprint density at radius 1 is 1.24 bits per heavy atom. The third-order valence-electron chi connectivity index (χ3n) is 7.42. The van der Waals surface area contributed by atoms with Gasteiger partial charge in [-0.25, -0.2) is 19.2 Å². The summed E-state index contributed by atoms with van der Waals surface area (Å²) in [6, 6.07) is 10.9. The molecule has 0 spiro atoms. The number of hydrogen-bond acceptors (Lipinski definition) is 8. The van der Waals surface area contributed by atoms with Crippen LogP contribution in [0.25, 0.3) is 11.0 Å². The van der Waals surface area contributed by atoms with Crippen molar-refractivity contribution in [1.82, 2.24) is 24.4 Å². The molecule has 2 aliphatic heterocycles. The molecule has 2 atom stereocenters. The standard InChI is InChI=1S/C29H29ClFN5O5/c1-29(41-27-6-9-32-25(34-27)16-40-24-5-3-19(30)13-21(24)31)8-10-35(17-29)15-26-33-22-4-2-18(28(37)38)12-23(22)36(26)14-20-7-11-39-20/h2-6,9,12-13,20H,7-8,10-11,14-17H2,1H3,(H,37,38)/t20?,29-/m1/s1. The number of benzene rings is 2. The minimum absolute atomic E-state index is 0.0247. The smallest absolute Gasteiger partial charge is 0.335 e. The lowest BCUT2D eigenvalue weighted by atomic mass is 10.1. The zero-order valence-corrected chi connectivity index (χ0v) is 23.2. The van der Waals surface area contributed by atoms with E-state index in [4.69, 9.17) is 30.8 Å². The number of carbonyl (C=O) groups is 1. The molecule has 2 fully saturated rings. The number of fused-ring (bicyclic) bond motifs is 1. The zero-order chi connectivity index (χ0) is 28.6. The maximum Gasteiger partial charge on any atom is 0.335 e. The summed E-state index contributed by atoms with van der Waals surface area (Å²) in [5.41, 5.74) is 1.29. The summed E-state index contributed by atoms with van der Waals surface area (Å²) in [4.78, 5) is 27.4. The van der Waals surface area contributed by atoms with E-state index >= 15 is 0 Å². The van der Waals surface area contributed by atoms with Crippen LogP contribution >= 0.6 is 11.6 Å². The summed E-state index contributed by atoms with van der Waals surface area (Å²) in [6.07, 6.45) is 3.42. The lowest BCUT2D eigenvalue weighted by Gasteiger charge is -2.28. The van der Waals surface area contributed by atoms with Gasteiger partial charge >= 0.3 is 5.97 Å². The van der Waals surface area contributed by atoms with Crippen LogP contribution in [0.2, 0.25) is 5.02 Å². The Bertz CT molecular complexity index is 1600. The van der Waals surface area contributed by atoms with Crippen molar-refractivity contribution in [3.05, 3.63) is 76.7 Å². The Labute approximate surface area is 240 Å². The van der Waals surface area contributed by atoms with Gasteiger partial charge in [-0.2, -0.15) is 4.98 Å². The van der Waals surface area contributed by atoms with Gasteiger partial charge in [0.2, 0.25) is 5.88 Å². The Kier molecular flexibility index (Phi) is 7.50. The van der Waals surface area contributed by atoms with Crippen LogP contribution in [-0.4, -0.2) is 66.9 Å². The van der Waals surface area contributed by atoms with Gasteiger partial charge in [-0.3, -0.25) is 4.90 Å². The Morgan fingerprint density at radius 2 is 2.10 bits per heavy atom. The number of nitrogens with zero attached hydrogens (tertiary/aromatic N) is 5. The number of carboxylic acids is 1. The molecule has 12 heteroatoms. The van der Waals surface area contributed by atoms with Crippen LogP contribution in [0.15, 0.2) is 48.7 Å². The summed E-state index contributed by atoms with van der Waals surface area (Å²) in [6.45, 7) is 5.39. The van der Waals surface area contributed by atoms with Crippen LogP contribution in [-0.2, 0) is 24.4 Å². The fourth-order valence-corrected chi connectivity index (χ4v) is 5.36. The average molecular weight is 582 g/mol. The number of halogens is 2. The van der Waals surface area contributed by atoms with Crippen molar-refractivity contribution in [1.29, 1.82) is 0 Å². The highest BCUT2D eigenvalue weighted by Crippen LogP contribution is 2.30. The number of hydrogen-bond donors (Lipinski definition) is 1.